The molecule has 0 aliphatic heterocycles. The lowest BCUT2D eigenvalue weighted by Crippen LogP contribution is -2.16. The number of hydrogen-bond acceptors (Lipinski definition) is 5. The van der Waals surface area contributed by atoms with Gasteiger partial charge in [0.2, 0.25) is 0 Å². The number of amides is 1. The maximum atomic E-state index is 12.2. The predicted octanol–water partition coefficient (Wildman–Crippen LogP) is 4.03. The summed E-state index contributed by atoms with van der Waals surface area (Å²) in [4.78, 5) is 13.4. The molecule has 0 saturated carbocycles. The van der Waals surface area contributed by atoms with Crippen LogP contribution >= 0.6 is 11.3 Å². The van der Waals surface area contributed by atoms with Crippen LogP contribution in [0.4, 0.5) is 0 Å². The summed E-state index contributed by atoms with van der Waals surface area (Å²) in [7, 11) is 1.63. The van der Waals surface area contributed by atoms with Crippen molar-refractivity contribution >= 4 is 23.5 Å². The van der Waals surface area contributed by atoms with E-state index < -0.39 is 0 Å². The van der Waals surface area contributed by atoms with E-state index >= 15 is 0 Å². The summed E-state index contributed by atoms with van der Waals surface area (Å²) in [6.45, 7) is 4.20. The molecule has 0 spiro atoms. The lowest BCUT2D eigenvalue weighted by atomic mass is 10.1. The van der Waals surface area contributed by atoms with E-state index in [1.54, 1.807) is 30.9 Å². The highest BCUT2D eigenvalue weighted by Crippen LogP contribution is 2.24. The van der Waals surface area contributed by atoms with Crippen LogP contribution in [0, 0.1) is 0 Å². The number of carbonyl (C=O) groups is 1. The lowest BCUT2D eigenvalue weighted by molar-refractivity contribution is 0.0955. The number of rotatable bonds is 6. The number of aromatic nitrogens is 2. The molecule has 0 unspecified atom stereocenters. The van der Waals surface area contributed by atoms with Gasteiger partial charge in [-0.05, 0) is 36.2 Å². The normalized spacial score (nSPS) is 11.2. The molecule has 2 heterocycles. The average Bonchev–Trinajstić information content (AvgIpc) is 3.31. The summed E-state index contributed by atoms with van der Waals surface area (Å²) < 4.78 is 5.17. The maximum Gasteiger partial charge on any atom is 0.272 e. The molecule has 0 radical (unpaired) electrons. The molecule has 1 aromatic carbocycles. The Labute approximate surface area is 155 Å². The third kappa shape index (κ3) is 4.00. The predicted molar refractivity (Wildman–Crippen MR) is 104 cm³/mol. The Morgan fingerprint density at radius 3 is 2.77 bits per heavy atom. The number of carbonyl (C=O) groups excluding carboxylic acids is 1. The van der Waals surface area contributed by atoms with Crippen LogP contribution in [0.3, 0.4) is 0 Å². The van der Waals surface area contributed by atoms with Crippen molar-refractivity contribution < 1.29 is 9.53 Å². The fourth-order valence-corrected chi connectivity index (χ4v) is 3.29. The van der Waals surface area contributed by atoms with Gasteiger partial charge < -0.3 is 4.74 Å². The number of hydrogen-bond donors (Lipinski definition) is 2. The molecule has 6 nitrogen and oxygen atoms in total. The first-order chi connectivity index (χ1) is 12.6. The Balaban J connectivity index is 1.69. The van der Waals surface area contributed by atoms with Gasteiger partial charge in [0.1, 0.15) is 5.75 Å². The van der Waals surface area contributed by atoms with Crippen molar-refractivity contribution in [3.63, 3.8) is 0 Å². The van der Waals surface area contributed by atoms with Gasteiger partial charge in [0.15, 0.2) is 0 Å². The van der Waals surface area contributed by atoms with Gasteiger partial charge in [0.25, 0.3) is 5.91 Å². The van der Waals surface area contributed by atoms with Crippen LogP contribution in [0.25, 0.3) is 11.3 Å². The summed E-state index contributed by atoms with van der Waals surface area (Å²) >= 11 is 1.58. The summed E-state index contributed by atoms with van der Waals surface area (Å²) in [5.74, 6) is 0.967. The van der Waals surface area contributed by atoms with E-state index in [1.807, 2.05) is 35.7 Å². The molecule has 2 aromatic heterocycles. The minimum absolute atomic E-state index is 0.223. The average molecular weight is 368 g/mol. The van der Waals surface area contributed by atoms with E-state index in [2.05, 4.69) is 34.6 Å². The number of hydrazone groups is 1. The Kier molecular flexibility index (Phi) is 5.48. The van der Waals surface area contributed by atoms with Crippen molar-refractivity contribution in [2.75, 3.05) is 7.11 Å². The first kappa shape index (κ1) is 17.9. The number of aromatic amines is 1. The molecule has 0 bridgehead atoms. The van der Waals surface area contributed by atoms with Gasteiger partial charge in [-0.1, -0.05) is 13.8 Å². The molecule has 1 amide bonds. The Morgan fingerprint density at radius 1 is 1.35 bits per heavy atom. The molecule has 2 N–H and O–H groups in total. The molecule has 7 heteroatoms. The third-order valence-electron chi connectivity index (χ3n) is 3.87. The molecule has 134 valence electrons. The highest BCUT2D eigenvalue weighted by molar-refractivity contribution is 7.10. The quantitative estimate of drug-likeness (QED) is 0.509. The number of ether oxygens (including phenoxy) is 1. The molecular weight excluding hydrogens is 348 g/mol. The Hall–Kier alpha value is -2.93. The van der Waals surface area contributed by atoms with Crippen LogP contribution < -0.4 is 10.2 Å². The second-order valence-electron chi connectivity index (χ2n) is 6.02. The van der Waals surface area contributed by atoms with Gasteiger partial charge in [0.05, 0.1) is 30.8 Å². The molecule has 26 heavy (non-hydrogen) atoms. The molecule has 0 aliphatic rings. The van der Waals surface area contributed by atoms with Crippen LogP contribution in [-0.4, -0.2) is 29.4 Å². The summed E-state index contributed by atoms with van der Waals surface area (Å²) in [5.41, 5.74) is 5.74. The van der Waals surface area contributed by atoms with E-state index in [0.717, 1.165) is 22.6 Å². The number of nitrogens with one attached hydrogen (secondary N) is 2. The first-order valence-corrected chi connectivity index (χ1v) is 9.06. The van der Waals surface area contributed by atoms with Crippen LogP contribution in [0.15, 0.2) is 47.0 Å². The molecule has 3 rings (SSSR count). The van der Waals surface area contributed by atoms with Crippen LogP contribution in [-0.2, 0) is 0 Å². The smallest absolute Gasteiger partial charge is 0.272 e. The minimum Gasteiger partial charge on any atom is -0.497 e. The van der Waals surface area contributed by atoms with Gasteiger partial charge in [0, 0.05) is 21.4 Å². The second kappa shape index (κ2) is 7.97. The van der Waals surface area contributed by atoms with Crippen molar-refractivity contribution in [3.8, 4) is 17.0 Å². The number of H-pyrrole nitrogens is 1. The molecule has 0 saturated heterocycles. The SMILES string of the molecule is COc1ccc(-c2[nH]ncc2/C=N/NC(=O)c2csc(C(C)C)c2)cc1. The lowest BCUT2D eigenvalue weighted by Gasteiger charge is -2.02. The number of thiophene rings is 1. The van der Waals surface area contributed by atoms with E-state index in [0.29, 0.717) is 11.5 Å². The summed E-state index contributed by atoms with van der Waals surface area (Å²) in [6.07, 6.45) is 3.24. The van der Waals surface area contributed by atoms with Gasteiger partial charge in [-0.15, -0.1) is 11.3 Å². The summed E-state index contributed by atoms with van der Waals surface area (Å²) in [6, 6.07) is 9.52. The van der Waals surface area contributed by atoms with Crippen molar-refractivity contribution in [1.82, 2.24) is 15.6 Å². The molecule has 0 fully saturated rings. The van der Waals surface area contributed by atoms with Gasteiger partial charge in [-0.2, -0.15) is 10.2 Å². The highest BCUT2D eigenvalue weighted by atomic mass is 32.1. The van der Waals surface area contributed by atoms with Crippen LogP contribution in [0.2, 0.25) is 0 Å². The van der Waals surface area contributed by atoms with Crippen molar-refractivity contribution in [3.05, 3.63) is 57.9 Å². The van der Waals surface area contributed by atoms with Crippen molar-refractivity contribution in [2.24, 2.45) is 5.10 Å². The standard InChI is InChI=1S/C19H20N4O2S/c1-12(2)17-8-14(11-26-17)19(24)23-21-10-15-9-20-22-18(15)13-4-6-16(25-3)7-5-13/h4-12H,1-3H3,(H,20,22)(H,23,24)/b21-10+. The topological polar surface area (TPSA) is 79.4 Å². The maximum absolute atomic E-state index is 12.2. The number of nitrogens with zero attached hydrogens (tertiary/aromatic N) is 2. The molecular formula is C19H20N4O2S. The van der Waals surface area contributed by atoms with Gasteiger partial charge >= 0.3 is 0 Å². The highest BCUT2D eigenvalue weighted by Gasteiger charge is 2.10. The van der Waals surface area contributed by atoms with E-state index in [1.165, 1.54) is 4.88 Å². The second-order valence-corrected chi connectivity index (χ2v) is 6.96. The zero-order valence-corrected chi connectivity index (χ0v) is 15.6. The van der Waals surface area contributed by atoms with Crippen molar-refractivity contribution in [1.29, 1.82) is 0 Å². The monoisotopic (exact) mass is 368 g/mol. The Bertz CT molecular complexity index is 910. The fourth-order valence-electron chi connectivity index (χ4n) is 2.38. The fraction of sp³-hybridized carbons (Fsp3) is 0.211. The molecule has 0 atom stereocenters. The molecule has 3 aromatic rings. The zero-order chi connectivity index (χ0) is 18.5. The van der Waals surface area contributed by atoms with E-state index in [9.17, 15) is 4.79 Å². The van der Waals surface area contributed by atoms with E-state index in [-0.39, 0.29) is 5.91 Å². The third-order valence-corrected chi connectivity index (χ3v) is 5.10. The van der Waals surface area contributed by atoms with Gasteiger partial charge in [-0.25, -0.2) is 5.43 Å². The first-order valence-electron chi connectivity index (χ1n) is 8.18. The Morgan fingerprint density at radius 2 is 2.12 bits per heavy atom. The molecule has 0 aliphatic carbocycles. The van der Waals surface area contributed by atoms with Gasteiger partial charge in [-0.3, -0.25) is 9.89 Å². The van der Waals surface area contributed by atoms with E-state index in [4.69, 9.17) is 4.74 Å². The van der Waals surface area contributed by atoms with Crippen LogP contribution in [0.1, 0.15) is 40.6 Å². The number of methoxy groups -OCH3 is 1. The van der Waals surface area contributed by atoms with Crippen molar-refractivity contribution in [2.45, 2.75) is 19.8 Å². The zero-order valence-electron chi connectivity index (χ0n) is 14.8. The summed E-state index contributed by atoms with van der Waals surface area (Å²) in [5, 5.41) is 12.9. The minimum atomic E-state index is -0.223. The largest absolute Gasteiger partial charge is 0.497 e. The van der Waals surface area contributed by atoms with Crippen LogP contribution in [0.5, 0.6) is 5.75 Å². The number of benzene rings is 1.